The molecular formula is C20H24O5S. The molecule has 0 fully saturated rings. The van der Waals surface area contributed by atoms with E-state index in [2.05, 4.69) is 0 Å². The van der Waals surface area contributed by atoms with Crippen LogP contribution in [0.25, 0.3) is 0 Å². The summed E-state index contributed by atoms with van der Waals surface area (Å²) >= 11 is 0. The van der Waals surface area contributed by atoms with Crippen molar-refractivity contribution in [2.75, 3.05) is 19.5 Å². The third kappa shape index (κ3) is 6.52. The first-order valence-corrected chi connectivity index (χ1v) is 9.89. The van der Waals surface area contributed by atoms with Crippen LogP contribution in [0.4, 0.5) is 0 Å². The lowest BCUT2D eigenvalue weighted by molar-refractivity contribution is -0.136. The van der Waals surface area contributed by atoms with Crippen molar-refractivity contribution in [1.29, 1.82) is 0 Å². The lowest BCUT2D eigenvalue weighted by Crippen LogP contribution is -2.28. The minimum Gasteiger partial charge on any atom is -0.497 e. The van der Waals surface area contributed by atoms with E-state index in [1.165, 1.54) is 0 Å². The molecule has 140 valence electrons. The largest absolute Gasteiger partial charge is 0.497 e. The normalized spacial score (nSPS) is 13.0. The summed E-state index contributed by atoms with van der Waals surface area (Å²) in [7, 11) is 0.175. The van der Waals surface area contributed by atoms with Crippen molar-refractivity contribution in [3.8, 4) is 11.5 Å². The first kappa shape index (κ1) is 20.0. The number of methoxy groups -OCH3 is 1. The molecule has 0 aliphatic carbocycles. The highest BCUT2D eigenvalue weighted by Crippen LogP contribution is 2.17. The Morgan fingerprint density at radius 1 is 1.08 bits per heavy atom. The SMILES string of the molecule is COc1ccc(OCCCS(=O)C(CCc2ccccc2)C(=O)O)cc1. The molecule has 0 saturated heterocycles. The molecule has 2 aromatic rings. The Bertz CT molecular complexity index is 700. The smallest absolute Gasteiger partial charge is 0.319 e. The van der Waals surface area contributed by atoms with Crippen LogP contribution in [-0.4, -0.2) is 40.0 Å². The quantitative estimate of drug-likeness (QED) is 0.609. The van der Waals surface area contributed by atoms with Gasteiger partial charge < -0.3 is 14.6 Å². The molecular weight excluding hydrogens is 352 g/mol. The number of carboxylic acid groups (broad SMARTS) is 1. The summed E-state index contributed by atoms with van der Waals surface area (Å²) in [6.07, 6.45) is 1.50. The summed E-state index contributed by atoms with van der Waals surface area (Å²) in [6, 6.07) is 16.9. The number of aliphatic carboxylic acids is 1. The molecule has 1 N–H and O–H groups in total. The lowest BCUT2D eigenvalue weighted by Gasteiger charge is -2.13. The van der Waals surface area contributed by atoms with Crippen LogP contribution in [0.3, 0.4) is 0 Å². The fourth-order valence-corrected chi connectivity index (χ4v) is 3.81. The summed E-state index contributed by atoms with van der Waals surface area (Å²) in [5.74, 6) is 0.758. The monoisotopic (exact) mass is 376 g/mol. The van der Waals surface area contributed by atoms with E-state index in [4.69, 9.17) is 9.47 Å². The molecule has 2 atom stereocenters. The number of rotatable bonds is 11. The van der Waals surface area contributed by atoms with Crippen LogP contribution >= 0.6 is 0 Å². The Hall–Kier alpha value is -2.34. The number of benzene rings is 2. The van der Waals surface area contributed by atoms with Gasteiger partial charge in [0, 0.05) is 16.6 Å². The Morgan fingerprint density at radius 2 is 1.73 bits per heavy atom. The predicted octanol–water partition coefficient (Wildman–Crippen LogP) is 3.30. The van der Waals surface area contributed by atoms with Crippen LogP contribution in [0.15, 0.2) is 54.6 Å². The molecule has 0 aliphatic heterocycles. The summed E-state index contributed by atoms with van der Waals surface area (Å²) in [4.78, 5) is 11.4. The molecule has 0 aliphatic rings. The van der Waals surface area contributed by atoms with Crippen LogP contribution < -0.4 is 9.47 Å². The van der Waals surface area contributed by atoms with Crippen molar-refractivity contribution >= 4 is 16.8 Å². The topological polar surface area (TPSA) is 72.8 Å². The van der Waals surface area contributed by atoms with E-state index < -0.39 is 22.0 Å². The van der Waals surface area contributed by atoms with Crippen LogP contribution in [0, 0.1) is 0 Å². The van der Waals surface area contributed by atoms with Crippen molar-refractivity contribution in [1.82, 2.24) is 0 Å². The highest BCUT2D eigenvalue weighted by Gasteiger charge is 2.24. The fraction of sp³-hybridized carbons (Fsp3) is 0.350. The van der Waals surface area contributed by atoms with E-state index >= 15 is 0 Å². The second-order valence-electron chi connectivity index (χ2n) is 5.81. The number of ether oxygens (including phenoxy) is 2. The maximum atomic E-state index is 12.4. The third-order valence-corrected chi connectivity index (χ3v) is 5.71. The molecule has 0 spiro atoms. The first-order chi connectivity index (χ1) is 12.6. The number of hydrogen-bond acceptors (Lipinski definition) is 4. The Morgan fingerprint density at radius 3 is 2.35 bits per heavy atom. The highest BCUT2D eigenvalue weighted by molar-refractivity contribution is 7.86. The lowest BCUT2D eigenvalue weighted by atomic mass is 10.1. The fourth-order valence-electron chi connectivity index (χ4n) is 2.52. The molecule has 2 rings (SSSR count). The van der Waals surface area contributed by atoms with E-state index in [1.807, 2.05) is 30.3 Å². The van der Waals surface area contributed by atoms with E-state index in [-0.39, 0.29) is 0 Å². The van der Waals surface area contributed by atoms with Crippen molar-refractivity contribution in [3.63, 3.8) is 0 Å². The first-order valence-electron chi connectivity index (χ1n) is 8.51. The molecule has 2 unspecified atom stereocenters. The van der Waals surface area contributed by atoms with Gasteiger partial charge in [-0.15, -0.1) is 0 Å². The zero-order valence-corrected chi connectivity index (χ0v) is 15.6. The molecule has 0 saturated carbocycles. The standard InChI is InChI=1S/C20H24O5S/c1-24-17-9-11-18(12-10-17)25-14-5-15-26(23)19(20(21)22)13-8-16-6-3-2-4-7-16/h2-4,6-7,9-12,19H,5,8,13-15H2,1H3,(H,21,22). The van der Waals surface area contributed by atoms with Gasteiger partial charge in [0.15, 0.2) is 0 Å². The zero-order chi connectivity index (χ0) is 18.8. The molecule has 26 heavy (non-hydrogen) atoms. The van der Waals surface area contributed by atoms with Gasteiger partial charge in [0.25, 0.3) is 0 Å². The van der Waals surface area contributed by atoms with Gasteiger partial charge in [0.1, 0.15) is 16.7 Å². The van der Waals surface area contributed by atoms with Gasteiger partial charge in [-0.2, -0.15) is 0 Å². The van der Waals surface area contributed by atoms with E-state index in [0.717, 1.165) is 11.3 Å². The van der Waals surface area contributed by atoms with Gasteiger partial charge in [-0.25, -0.2) is 0 Å². The van der Waals surface area contributed by atoms with Gasteiger partial charge in [0.2, 0.25) is 0 Å². The van der Waals surface area contributed by atoms with Crippen LogP contribution in [0.1, 0.15) is 18.4 Å². The van der Waals surface area contributed by atoms with Gasteiger partial charge in [-0.3, -0.25) is 9.00 Å². The minimum atomic E-state index is -1.42. The molecule has 0 radical (unpaired) electrons. The van der Waals surface area contributed by atoms with E-state index in [1.54, 1.807) is 31.4 Å². The number of hydrogen-bond donors (Lipinski definition) is 1. The van der Waals surface area contributed by atoms with Crippen LogP contribution in [0.2, 0.25) is 0 Å². The summed E-state index contributed by atoms with van der Waals surface area (Å²) in [6.45, 7) is 0.392. The molecule has 6 heteroatoms. The summed E-state index contributed by atoms with van der Waals surface area (Å²) in [5, 5.41) is 8.52. The molecule has 0 amide bonds. The minimum absolute atomic E-state index is 0.307. The molecule has 0 bridgehead atoms. The number of carbonyl (C=O) groups is 1. The molecule has 5 nitrogen and oxygen atoms in total. The van der Waals surface area contributed by atoms with Gasteiger partial charge >= 0.3 is 5.97 Å². The van der Waals surface area contributed by atoms with E-state index in [9.17, 15) is 14.1 Å². The average molecular weight is 376 g/mol. The summed E-state index contributed by atoms with van der Waals surface area (Å²) in [5.41, 5.74) is 1.05. The Kier molecular flexibility index (Phi) is 8.15. The van der Waals surface area contributed by atoms with Crippen molar-refractivity contribution in [2.24, 2.45) is 0 Å². The number of carboxylic acids is 1. The third-order valence-electron chi connectivity index (χ3n) is 3.95. The average Bonchev–Trinajstić information content (AvgIpc) is 2.66. The van der Waals surface area contributed by atoms with Crippen molar-refractivity contribution < 1.29 is 23.6 Å². The second kappa shape index (κ2) is 10.6. The van der Waals surface area contributed by atoms with Gasteiger partial charge in [-0.1, -0.05) is 30.3 Å². The van der Waals surface area contributed by atoms with Gasteiger partial charge in [-0.05, 0) is 49.1 Å². The maximum Gasteiger partial charge on any atom is 0.319 e. The summed E-state index contributed by atoms with van der Waals surface area (Å²) < 4.78 is 23.0. The van der Waals surface area contributed by atoms with Crippen LogP contribution in [-0.2, 0) is 22.0 Å². The zero-order valence-electron chi connectivity index (χ0n) is 14.8. The Labute approximate surface area is 156 Å². The molecule has 0 aromatic heterocycles. The van der Waals surface area contributed by atoms with E-state index in [0.29, 0.717) is 37.4 Å². The highest BCUT2D eigenvalue weighted by atomic mass is 32.2. The van der Waals surface area contributed by atoms with Crippen molar-refractivity contribution in [3.05, 3.63) is 60.2 Å². The van der Waals surface area contributed by atoms with Crippen LogP contribution in [0.5, 0.6) is 11.5 Å². The van der Waals surface area contributed by atoms with Gasteiger partial charge in [0.05, 0.1) is 13.7 Å². The Balaban J connectivity index is 1.75. The second-order valence-corrected chi connectivity index (χ2v) is 7.55. The maximum absolute atomic E-state index is 12.4. The molecule has 2 aromatic carbocycles. The predicted molar refractivity (Wildman–Crippen MR) is 102 cm³/mol. The number of aryl methyl sites for hydroxylation is 1. The van der Waals surface area contributed by atoms with Crippen molar-refractivity contribution in [2.45, 2.75) is 24.5 Å². The molecule has 0 heterocycles.